The van der Waals surface area contributed by atoms with Crippen molar-refractivity contribution in [1.29, 1.82) is 0 Å². The molecule has 0 radical (unpaired) electrons. The Morgan fingerprint density at radius 2 is 1.60 bits per heavy atom. The summed E-state index contributed by atoms with van der Waals surface area (Å²) < 4.78 is 21.0. The largest absolute Gasteiger partial charge is 0.308 e. The van der Waals surface area contributed by atoms with Crippen molar-refractivity contribution in [2.24, 2.45) is 11.8 Å². The summed E-state index contributed by atoms with van der Waals surface area (Å²) in [7, 11) is 0.192. The maximum Gasteiger partial charge on any atom is 0.280 e. The third kappa shape index (κ3) is 2.02. The molecule has 5 atom stereocenters. The quantitative estimate of drug-likeness (QED) is 0.461. The Kier molecular flexibility index (Phi) is 3.59. The Labute approximate surface area is 146 Å². The molecule has 1 aliphatic carbocycles. The second kappa shape index (κ2) is 5.37. The zero-order valence-electron chi connectivity index (χ0n) is 14.7. The van der Waals surface area contributed by atoms with Crippen LogP contribution in [-0.2, 0) is 18.7 Å². The van der Waals surface area contributed by atoms with Crippen LogP contribution in [0.2, 0.25) is 0 Å². The van der Waals surface area contributed by atoms with Crippen LogP contribution >= 0.6 is 7.52 Å². The van der Waals surface area contributed by atoms with Crippen molar-refractivity contribution in [2.75, 3.05) is 19.0 Å². The number of carbonyl (C=O) groups excluding carboxylic acids is 2. The normalized spacial score (nSPS) is 37.2. The number of hydrogen-bond acceptors (Lipinski definition) is 4. The minimum atomic E-state index is -3.22. The number of amides is 2. The molecule has 0 saturated carbocycles. The van der Waals surface area contributed by atoms with Crippen molar-refractivity contribution >= 4 is 25.0 Å². The molecule has 2 fully saturated rings. The van der Waals surface area contributed by atoms with Crippen LogP contribution in [0.3, 0.4) is 0 Å². The molecule has 2 bridgehead atoms. The van der Waals surface area contributed by atoms with Crippen LogP contribution in [0, 0.1) is 11.8 Å². The zero-order valence-corrected chi connectivity index (χ0v) is 15.6. The first-order chi connectivity index (χ1) is 11.8. The number of benzene rings is 1. The van der Waals surface area contributed by atoms with E-state index in [4.69, 9.17) is 4.52 Å². The average molecular weight is 360 g/mol. The number of allylic oxidation sites excluding steroid dienone is 1. The molecule has 2 amide bonds. The van der Waals surface area contributed by atoms with E-state index in [-0.39, 0.29) is 11.8 Å². The molecule has 0 aromatic heterocycles. The number of hydrogen-bond donors (Lipinski definition) is 0. The monoisotopic (exact) mass is 360 g/mol. The van der Waals surface area contributed by atoms with E-state index in [0.29, 0.717) is 5.69 Å². The summed E-state index contributed by atoms with van der Waals surface area (Å²) in [6.45, 7) is 3.82. The highest BCUT2D eigenvalue weighted by Gasteiger charge is 2.67. The summed E-state index contributed by atoms with van der Waals surface area (Å²) in [5.74, 6) is -1.74. The predicted molar refractivity (Wildman–Crippen MR) is 94.2 cm³/mol. The van der Waals surface area contributed by atoms with Gasteiger partial charge in [0.25, 0.3) is 7.52 Å². The van der Waals surface area contributed by atoms with Gasteiger partial charge < -0.3 is 4.52 Å². The number of para-hydroxylation sites is 1. The van der Waals surface area contributed by atoms with Crippen molar-refractivity contribution in [2.45, 2.75) is 25.6 Å². The lowest BCUT2D eigenvalue weighted by Gasteiger charge is -2.49. The van der Waals surface area contributed by atoms with Crippen LogP contribution in [0.25, 0.3) is 0 Å². The molecule has 2 saturated heterocycles. The van der Waals surface area contributed by atoms with Gasteiger partial charge in [-0.3, -0.25) is 14.2 Å². The fourth-order valence-electron chi connectivity index (χ4n) is 4.35. The minimum Gasteiger partial charge on any atom is -0.308 e. The average Bonchev–Trinajstić information content (AvgIpc) is 2.84. The Morgan fingerprint density at radius 3 is 2.20 bits per heavy atom. The number of nitrogens with zero attached hydrogens (tertiary/aromatic N) is 2. The summed E-state index contributed by atoms with van der Waals surface area (Å²) in [5, 5.41) is 0. The van der Waals surface area contributed by atoms with E-state index in [2.05, 4.69) is 0 Å². The van der Waals surface area contributed by atoms with Crippen molar-refractivity contribution in [1.82, 2.24) is 4.67 Å². The van der Waals surface area contributed by atoms with Gasteiger partial charge in [0.2, 0.25) is 11.8 Å². The first-order valence-electron chi connectivity index (χ1n) is 8.35. The number of anilines is 1. The van der Waals surface area contributed by atoms with E-state index in [9.17, 15) is 14.2 Å². The lowest BCUT2D eigenvalue weighted by molar-refractivity contribution is -0.124. The van der Waals surface area contributed by atoms with Crippen LogP contribution in [0.15, 0.2) is 41.5 Å². The van der Waals surface area contributed by atoms with Crippen LogP contribution in [0.1, 0.15) is 13.8 Å². The molecule has 4 aliphatic rings. The van der Waals surface area contributed by atoms with Gasteiger partial charge in [-0.25, -0.2) is 9.57 Å². The van der Waals surface area contributed by atoms with Gasteiger partial charge in [-0.1, -0.05) is 23.8 Å². The summed E-state index contributed by atoms with van der Waals surface area (Å²) in [5.41, 5.74) is 1.84. The summed E-state index contributed by atoms with van der Waals surface area (Å²) in [6.07, 6.45) is -0.603. The van der Waals surface area contributed by atoms with Gasteiger partial charge in [0.1, 0.15) is 0 Å². The van der Waals surface area contributed by atoms with E-state index >= 15 is 0 Å². The molecule has 132 valence electrons. The summed E-state index contributed by atoms with van der Waals surface area (Å²) >= 11 is 0. The molecular weight excluding hydrogens is 339 g/mol. The molecule has 25 heavy (non-hydrogen) atoms. The maximum atomic E-state index is 13.5. The van der Waals surface area contributed by atoms with Crippen LogP contribution in [0.4, 0.5) is 5.69 Å². The van der Waals surface area contributed by atoms with Gasteiger partial charge in [-0.2, -0.15) is 0 Å². The Hall–Kier alpha value is -1.75. The van der Waals surface area contributed by atoms with Crippen molar-refractivity contribution in [3.63, 3.8) is 0 Å². The van der Waals surface area contributed by atoms with Crippen molar-refractivity contribution in [3.8, 4) is 0 Å². The van der Waals surface area contributed by atoms with E-state index in [1.165, 1.54) is 4.90 Å². The maximum absolute atomic E-state index is 13.5. The molecule has 5 rings (SSSR count). The Balaban J connectivity index is 1.86. The van der Waals surface area contributed by atoms with Gasteiger partial charge in [-0.05, 0) is 45.6 Å². The lowest BCUT2D eigenvalue weighted by atomic mass is 9.75. The smallest absolute Gasteiger partial charge is 0.280 e. The third-order valence-electron chi connectivity index (χ3n) is 5.74. The molecule has 0 unspecified atom stereocenters. The number of imide groups is 1. The first kappa shape index (κ1) is 16.7. The fourth-order valence-corrected chi connectivity index (χ4v) is 7.20. The lowest BCUT2D eigenvalue weighted by Crippen LogP contribution is -2.51. The third-order valence-corrected chi connectivity index (χ3v) is 8.80. The molecule has 1 aromatic carbocycles. The van der Waals surface area contributed by atoms with Crippen LogP contribution < -0.4 is 4.90 Å². The molecule has 1 aromatic rings. The second-order valence-corrected chi connectivity index (χ2v) is 9.84. The topological polar surface area (TPSA) is 66.9 Å². The molecule has 3 heterocycles. The van der Waals surface area contributed by atoms with E-state index < -0.39 is 31.1 Å². The summed E-state index contributed by atoms with van der Waals surface area (Å²) in [6, 6.07) is 8.92. The standard InChI is InChI=1S/C18H21N2O4P/c1-10-11(2)16-14-13(15(10)24-25(16,23)19(3)4)17(21)20(18(14)22)12-8-6-5-7-9-12/h5-9,13-16H,1-4H3/t13-,14+,15-,16+,25-/m1/s1. The number of fused-ring (bicyclic) bond motifs is 1. The molecule has 3 aliphatic heterocycles. The molecule has 6 nitrogen and oxygen atoms in total. The fraction of sp³-hybridized carbons (Fsp3) is 0.444. The SMILES string of the molecule is CC1=C(C)[C@H]2[C@H]3C(=O)N(c4ccccc4)C(=O)[C@H]3[C@@H]1O[P@@]2(=O)N(C)C. The van der Waals surface area contributed by atoms with Crippen molar-refractivity contribution < 1.29 is 18.7 Å². The highest BCUT2D eigenvalue weighted by molar-refractivity contribution is 7.57. The predicted octanol–water partition coefficient (Wildman–Crippen LogP) is 2.66. The summed E-state index contributed by atoms with van der Waals surface area (Å²) in [4.78, 5) is 27.5. The number of rotatable bonds is 2. The first-order valence-corrected chi connectivity index (χ1v) is 9.99. The van der Waals surface area contributed by atoms with Crippen LogP contribution in [0.5, 0.6) is 0 Å². The Morgan fingerprint density at radius 1 is 1.00 bits per heavy atom. The van der Waals surface area contributed by atoms with Gasteiger partial charge >= 0.3 is 0 Å². The number of carbonyl (C=O) groups is 2. The van der Waals surface area contributed by atoms with Gasteiger partial charge in [0, 0.05) is 0 Å². The van der Waals surface area contributed by atoms with Crippen molar-refractivity contribution in [3.05, 3.63) is 41.5 Å². The molecule has 0 spiro atoms. The zero-order chi connectivity index (χ0) is 18.1. The van der Waals surface area contributed by atoms with Crippen LogP contribution in [-0.4, -0.2) is 42.3 Å². The van der Waals surface area contributed by atoms with E-state index in [0.717, 1.165) is 11.1 Å². The molecule has 7 heteroatoms. The second-order valence-electron chi connectivity index (χ2n) is 7.15. The molecular formula is C18H21N2O4P. The highest BCUT2D eigenvalue weighted by atomic mass is 31.2. The van der Waals surface area contributed by atoms with Gasteiger partial charge in [-0.15, -0.1) is 0 Å². The van der Waals surface area contributed by atoms with E-state index in [1.807, 2.05) is 19.9 Å². The molecule has 0 N–H and O–H groups in total. The van der Waals surface area contributed by atoms with Gasteiger partial charge in [0.05, 0.1) is 29.3 Å². The van der Waals surface area contributed by atoms with E-state index in [1.54, 1.807) is 43.0 Å². The Bertz CT molecular complexity index is 848. The van der Waals surface area contributed by atoms with Gasteiger partial charge in [0.15, 0.2) is 0 Å². The highest BCUT2D eigenvalue weighted by Crippen LogP contribution is 2.69. The minimum absolute atomic E-state index is 0.256.